The number of nitrogens with zero attached hydrogens (tertiary/aromatic N) is 1. The topological polar surface area (TPSA) is 15.3 Å². The summed E-state index contributed by atoms with van der Waals surface area (Å²) in [4.78, 5) is 1.67. The molecular formula is C15H17ClF6N2. The van der Waals surface area contributed by atoms with Crippen molar-refractivity contribution in [3.63, 3.8) is 0 Å². The molecule has 136 valence electrons. The lowest BCUT2D eigenvalue weighted by Crippen LogP contribution is -2.45. The third kappa shape index (κ3) is 5.26. The van der Waals surface area contributed by atoms with Gasteiger partial charge in [-0.1, -0.05) is 17.7 Å². The third-order valence-electron chi connectivity index (χ3n) is 3.97. The smallest absolute Gasteiger partial charge is 0.314 e. The van der Waals surface area contributed by atoms with Crippen LogP contribution in [-0.4, -0.2) is 37.3 Å². The Morgan fingerprint density at radius 2 is 1.71 bits per heavy atom. The fourth-order valence-corrected chi connectivity index (χ4v) is 3.07. The molecular weight excluding hydrogens is 358 g/mol. The van der Waals surface area contributed by atoms with Crippen LogP contribution in [0.1, 0.15) is 30.0 Å². The third-order valence-corrected chi connectivity index (χ3v) is 4.21. The lowest BCUT2D eigenvalue weighted by molar-refractivity contribution is -0.141. The van der Waals surface area contributed by atoms with Crippen molar-refractivity contribution < 1.29 is 26.3 Å². The summed E-state index contributed by atoms with van der Waals surface area (Å²) in [5, 5.41) is 2.94. The standard InChI is InChI=1S/C15H17ClF6N2/c16-10-1-2-11(12(9-10)15(20,21)22)13(3-4-14(17,18)19)24-7-5-23-6-8-24/h1-2,9,13,23H,3-8H2/t13-/m0/s1. The van der Waals surface area contributed by atoms with Gasteiger partial charge in [-0.05, 0) is 24.1 Å². The molecule has 24 heavy (non-hydrogen) atoms. The van der Waals surface area contributed by atoms with Gasteiger partial charge < -0.3 is 5.32 Å². The van der Waals surface area contributed by atoms with Crippen LogP contribution in [0.3, 0.4) is 0 Å². The molecule has 2 nitrogen and oxygen atoms in total. The van der Waals surface area contributed by atoms with E-state index in [1.54, 1.807) is 4.90 Å². The van der Waals surface area contributed by atoms with E-state index in [9.17, 15) is 26.3 Å². The largest absolute Gasteiger partial charge is 0.416 e. The predicted octanol–water partition coefficient (Wildman–Crippen LogP) is 4.65. The summed E-state index contributed by atoms with van der Waals surface area (Å²) < 4.78 is 77.8. The van der Waals surface area contributed by atoms with Crippen molar-refractivity contribution in [1.82, 2.24) is 10.2 Å². The maximum atomic E-state index is 13.3. The van der Waals surface area contributed by atoms with Gasteiger partial charge in [-0.2, -0.15) is 26.3 Å². The maximum absolute atomic E-state index is 13.3. The summed E-state index contributed by atoms with van der Waals surface area (Å²) in [7, 11) is 0. The number of hydrogen-bond acceptors (Lipinski definition) is 2. The highest BCUT2D eigenvalue weighted by molar-refractivity contribution is 6.30. The van der Waals surface area contributed by atoms with Gasteiger partial charge in [0.05, 0.1) is 5.56 Å². The van der Waals surface area contributed by atoms with E-state index in [1.807, 2.05) is 0 Å². The first-order valence-corrected chi connectivity index (χ1v) is 7.84. The number of halogens is 7. The SMILES string of the molecule is FC(F)(F)CC[C@@H](c1ccc(Cl)cc1C(F)(F)F)N1CCNCC1. The molecule has 0 bridgehead atoms. The summed E-state index contributed by atoms with van der Waals surface area (Å²) in [6.07, 6.45) is -10.7. The Bertz CT molecular complexity index is 552. The molecule has 1 aliphatic heterocycles. The van der Waals surface area contributed by atoms with Crippen LogP contribution < -0.4 is 5.32 Å². The molecule has 0 unspecified atom stereocenters. The number of rotatable bonds is 4. The van der Waals surface area contributed by atoms with Crippen molar-refractivity contribution in [3.8, 4) is 0 Å². The number of nitrogens with one attached hydrogen (secondary N) is 1. The van der Waals surface area contributed by atoms with E-state index >= 15 is 0 Å². The van der Waals surface area contributed by atoms with Crippen LogP contribution >= 0.6 is 11.6 Å². The number of benzene rings is 1. The number of piperazine rings is 1. The van der Waals surface area contributed by atoms with Crippen LogP contribution in [0.25, 0.3) is 0 Å². The van der Waals surface area contributed by atoms with Crippen LogP contribution in [0.4, 0.5) is 26.3 Å². The van der Waals surface area contributed by atoms with Gasteiger partial charge in [0.1, 0.15) is 0 Å². The van der Waals surface area contributed by atoms with E-state index in [-0.39, 0.29) is 10.6 Å². The van der Waals surface area contributed by atoms with Crippen molar-refractivity contribution >= 4 is 11.6 Å². The van der Waals surface area contributed by atoms with E-state index < -0.39 is 36.8 Å². The molecule has 1 heterocycles. The van der Waals surface area contributed by atoms with Gasteiger partial charge in [0.2, 0.25) is 0 Å². The minimum absolute atomic E-state index is 0.0963. The lowest BCUT2D eigenvalue weighted by Gasteiger charge is -2.36. The molecule has 0 amide bonds. The van der Waals surface area contributed by atoms with Gasteiger partial charge in [0, 0.05) is 43.7 Å². The molecule has 2 rings (SSSR count). The minimum atomic E-state index is -4.68. The molecule has 1 fully saturated rings. The lowest BCUT2D eigenvalue weighted by atomic mass is 9.94. The second-order valence-electron chi connectivity index (χ2n) is 5.68. The Balaban J connectivity index is 2.38. The molecule has 0 aliphatic carbocycles. The van der Waals surface area contributed by atoms with Crippen LogP contribution in [0, 0.1) is 0 Å². The van der Waals surface area contributed by atoms with Crippen molar-refractivity contribution in [2.45, 2.75) is 31.2 Å². The fourth-order valence-electron chi connectivity index (χ4n) is 2.89. The first kappa shape index (κ1) is 19.3. The molecule has 1 saturated heterocycles. The Hall–Kier alpha value is -0.990. The Morgan fingerprint density at radius 1 is 1.08 bits per heavy atom. The van der Waals surface area contributed by atoms with Crippen LogP contribution in [0.2, 0.25) is 5.02 Å². The predicted molar refractivity (Wildman–Crippen MR) is 78.9 cm³/mol. The van der Waals surface area contributed by atoms with Crippen molar-refractivity contribution in [2.75, 3.05) is 26.2 Å². The molecule has 1 atom stereocenters. The zero-order chi connectivity index (χ0) is 18.0. The fraction of sp³-hybridized carbons (Fsp3) is 0.600. The van der Waals surface area contributed by atoms with E-state index in [0.29, 0.717) is 26.2 Å². The highest BCUT2D eigenvalue weighted by Gasteiger charge is 2.38. The average Bonchev–Trinajstić information content (AvgIpc) is 2.47. The Kier molecular flexibility index (Phi) is 6.04. The summed E-state index contributed by atoms with van der Waals surface area (Å²) in [6, 6.07) is 2.30. The van der Waals surface area contributed by atoms with Gasteiger partial charge in [0.15, 0.2) is 0 Å². The number of hydrogen-bond donors (Lipinski definition) is 1. The van der Waals surface area contributed by atoms with Gasteiger partial charge in [0.25, 0.3) is 0 Å². The van der Waals surface area contributed by atoms with Crippen LogP contribution in [0.5, 0.6) is 0 Å². The number of alkyl halides is 6. The minimum Gasteiger partial charge on any atom is -0.314 e. The molecule has 1 aliphatic rings. The zero-order valence-electron chi connectivity index (χ0n) is 12.6. The summed E-state index contributed by atoms with van der Waals surface area (Å²) >= 11 is 5.66. The van der Waals surface area contributed by atoms with E-state index in [0.717, 1.165) is 6.07 Å². The van der Waals surface area contributed by atoms with Gasteiger partial charge in [-0.25, -0.2) is 0 Å². The molecule has 9 heteroatoms. The Labute approximate surface area is 140 Å². The highest BCUT2D eigenvalue weighted by atomic mass is 35.5. The van der Waals surface area contributed by atoms with E-state index in [2.05, 4.69) is 5.32 Å². The molecule has 0 radical (unpaired) electrons. The molecule has 1 aromatic rings. The maximum Gasteiger partial charge on any atom is 0.416 e. The Morgan fingerprint density at radius 3 is 2.25 bits per heavy atom. The average molecular weight is 375 g/mol. The normalized spacial score (nSPS) is 18.6. The molecule has 1 N–H and O–H groups in total. The second-order valence-corrected chi connectivity index (χ2v) is 6.12. The van der Waals surface area contributed by atoms with E-state index in [1.165, 1.54) is 12.1 Å². The van der Waals surface area contributed by atoms with Gasteiger partial charge >= 0.3 is 12.4 Å². The van der Waals surface area contributed by atoms with Crippen LogP contribution in [0.15, 0.2) is 18.2 Å². The molecule has 0 spiro atoms. The van der Waals surface area contributed by atoms with Gasteiger partial charge in [-0.15, -0.1) is 0 Å². The monoisotopic (exact) mass is 374 g/mol. The first-order valence-electron chi connectivity index (χ1n) is 7.46. The zero-order valence-corrected chi connectivity index (χ0v) is 13.4. The summed E-state index contributed by atoms with van der Waals surface area (Å²) in [5.41, 5.74) is -1.13. The molecule has 0 aromatic heterocycles. The first-order chi connectivity index (χ1) is 11.1. The van der Waals surface area contributed by atoms with Crippen molar-refractivity contribution in [2.24, 2.45) is 0 Å². The van der Waals surface area contributed by atoms with Crippen molar-refractivity contribution in [3.05, 3.63) is 34.3 Å². The van der Waals surface area contributed by atoms with Crippen molar-refractivity contribution in [1.29, 1.82) is 0 Å². The second kappa shape index (κ2) is 7.49. The molecule has 0 saturated carbocycles. The highest BCUT2D eigenvalue weighted by Crippen LogP contribution is 2.40. The summed E-state index contributed by atoms with van der Waals surface area (Å²) in [5.74, 6) is 0. The van der Waals surface area contributed by atoms with E-state index in [4.69, 9.17) is 11.6 Å². The van der Waals surface area contributed by atoms with Crippen LogP contribution in [-0.2, 0) is 6.18 Å². The molecule has 1 aromatic carbocycles. The summed E-state index contributed by atoms with van der Waals surface area (Å²) in [6.45, 7) is 1.83. The van der Waals surface area contributed by atoms with Gasteiger partial charge in [-0.3, -0.25) is 4.90 Å². The quantitative estimate of drug-likeness (QED) is 0.772.